The zero-order valence-corrected chi connectivity index (χ0v) is 15.7. The van der Waals surface area contributed by atoms with Crippen molar-refractivity contribution in [2.75, 3.05) is 0 Å². The van der Waals surface area contributed by atoms with E-state index in [2.05, 4.69) is 18.5 Å². The Morgan fingerprint density at radius 1 is 1.19 bits per heavy atom. The zero-order chi connectivity index (χ0) is 19.0. The molecule has 4 aromatic rings. The fourth-order valence-electron chi connectivity index (χ4n) is 2.83. The number of sulfonamides is 1. The van der Waals surface area contributed by atoms with Crippen molar-refractivity contribution < 1.29 is 12.8 Å². The van der Waals surface area contributed by atoms with Gasteiger partial charge in [0.25, 0.3) is 0 Å². The molecule has 0 aliphatic carbocycles. The Hall–Kier alpha value is -2.69. The largest absolute Gasteiger partial charge is 0.336 e. The molecule has 0 saturated carbocycles. The molecule has 0 fully saturated rings. The van der Waals surface area contributed by atoms with Gasteiger partial charge in [0, 0.05) is 19.4 Å². The van der Waals surface area contributed by atoms with Crippen molar-refractivity contribution in [2.24, 2.45) is 7.05 Å². The second-order valence-electron chi connectivity index (χ2n) is 5.89. The van der Waals surface area contributed by atoms with Crippen LogP contribution in [0.15, 0.2) is 59.8 Å². The first-order valence-corrected chi connectivity index (χ1v) is 10.1. The van der Waals surface area contributed by atoms with Crippen LogP contribution < -0.4 is 4.72 Å². The van der Waals surface area contributed by atoms with Gasteiger partial charge in [-0.1, -0.05) is 18.2 Å². The van der Waals surface area contributed by atoms with Crippen molar-refractivity contribution in [3.8, 4) is 0 Å². The minimum absolute atomic E-state index is 0.0179. The molecule has 0 aliphatic heterocycles. The lowest BCUT2D eigenvalue weighted by Gasteiger charge is -2.19. The highest BCUT2D eigenvalue weighted by atomic mass is 32.2. The molecule has 7 nitrogen and oxygen atoms in total. The van der Waals surface area contributed by atoms with Crippen molar-refractivity contribution >= 4 is 32.8 Å². The smallest absolute Gasteiger partial charge is 0.243 e. The van der Waals surface area contributed by atoms with E-state index in [0.29, 0.717) is 22.4 Å². The summed E-state index contributed by atoms with van der Waals surface area (Å²) in [5.74, 6) is -0.0236. The molecule has 27 heavy (non-hydrogen) atoms. The number of nitrogens with zero attached hydrogens (tertiary/aromatic N) is 4. The third kappa shape index (κ3) is 3.34. The number of fused-ring (bicyclic) bond motifs is 1. The van der Waals surface area contributed by atoms with Crippen molar-refractivity contribution in [3.63, 3.8) is 0 Å². The van der Waals surface area contributed by atoms with Gasteiger partial charge in [0.05, 0.1) is 11.7 Å². The van der Waals surface area contributed by atoms with Crippen molar-refractivity contribution in [2.45, 2.75) is 10.9 Å². The van der Waals surface area contributed by atoms with Crippen LogP contribution in [0.5, 0.6) is 0 Å². The molecule has 0 bridgehead atoms. The molecule has 2 heterocycles. The van der Waals surface area contributed by atoms with Gasteiger partial charge in [-0.2, -0.15) is 13.5 Å². The SMILES string of the molecule is Cn1ccnc1C(NS(=O)(=O)c1cccc2nsnc12)c1cccc(F)c1. The van der Waals surface area contributed by atoms with Crippen LogP contribution in [0.25, 0.3) is 11.0 Å². The summed E-state index contributed by atoms with van der Waals surface area (Å²) in [7, 11) is -2.24. The zero-order valence-electron chi connectivity index (χ0n) is 14.1. The van der Waals surface area contributed by atoms with Gasteiger partial charge < -0.3 is 4.57 Å². The van der Waals surface area contributed by atoms with Crippen molar-refractivity contribution in [1.29, 1.82) is 0 Å². The van der Waals surface area contributed by atoms with E-state index in [4.69, 9.17) is 0 Å². The monoisotopic (exact) mass is 403 g/mol. The van der Waals surface area contributed by atoms with E-state index in [0.717, 1.165) is 11.7 Å². The minimum atomic E-state index is -3.98. The van der Waals surface area contributed by atoms with Gasteiger partial charge in [-0.05, 0) is 29.8 Å². The number of hydrogen-bond donors (Lipinski definition) is 1. The number of nitrogens with one attached hydrogen (secondary N) is 1. The average Bonchev–Trinajstić information content (AvgIpc) is 3.28. The van der Waals surface area contributed by atoms with E-state index < -0.39 is 21.9 Å². The molecule has 2 aromatic heterocycles. The third-order valence-corrected chi connectivity index (χ3v) is 6.11. The highest BCUT2D eigenvalue weighted by molar-refractivity contribution is 7.89. The molecule has 4 rings (SSSR count). The molecule has 0 saturated heterocycles. The Bertz CT molecular complexity index is 1220. The van der Waals surface area contributed by atoms with Crippen LogP contribution in [0.1, 0.15) is 17.4 Å². The average molecular weight is 403 g/mol. The Kier molecular flexibility index (Phi) is 4.46. The first kappa shape index (κ1) is 17.7. The lowest BCUT2D eigenvalue weighted by atomic mass is 10.1. The lowest BCUT2D eigenvalue weighted by molar-refractivity contribution is 0.561. The van der Waals surface area contributed by atoms with Gasteiger partial charge in [-0.3, -0.25) is 0 Å². The summed E-state index contributed by atoms with van der Waals surface area (Å²) in [6, 6.07) is 9.66. The Morgan fingerprint density at radius 3 is 2.74 bits per heavy atom. The molecule has 2 aromatic carbocycles. The van der Waals surface area contributed by atoms with Gasteiger partial charge in [0.1, 0.15) is 33.6 Å². The Balaban J connectivity index is 1.82. The maximum Gasteiger partial charge on any atom is 0.243 e. The predicted octanol–water partition coefficient (Wildman–Crippen LogP) is 2.63. The van der Waals surface area contributed by atoms with Crippen LogP contribution in [-0.4, -0.2) is 26.7 Å². The third-order valence-electron chi connectivity index (χ3n) is 4.11. The summed E-state index contributed by atoms with van der Waals surface area (Å²) in [5, 5.41) is 0. The topological polar surface area (TPSA) is 89.8 Å². The minimum Gasteiger partial charge on any atom is -0.336 e. The molecule has 1 atom stereocenters. The highest BCUT2D eigenvalue weighted by Gasteiger charge is 2.28. The fraction of sp³-hybridized carbons (Fsp3) is 0.118. The number of hydrogen-bond acceptors (Lipinski definition) is 6. The molecule has 138 valence electrons. The Labute approximate surface area is 158 Å². The number of imidazole rings is 1. The van der Waals surface area contributed by atoms with Crippen LogP contribution in [0.2, 0.25) is 0 Å². The summed E-state index contributed by atoms with van der Waals surface area (Å²) in [4.78, 5) is 4.26. The van der Waals surface area contributed by atoms with E-state index in [1.807, 2.05) is 0 Å². The molecule has 1 N–H and O–H groups in total. The number of aromatic nitrogens is 4. The van der Waals surface area contributed by atoms with E-state index in [-0.39, 0.29) is 4.90 Å². The summed E-state index contributed by atoms with van der Waals surface area (Å²) in [5.41, 5.74) is 1.24. The van der Waals surface area contributed by atoms with E-state index in [1.165, 1.54) is 24.3 Å². The maximum absolute atomic E-state index is 13.8. The normalized spacial score (nSPS) is 13.1. The second-order valence-corrected chi connectivity index (χ2v) is 8.10. The lowest BCUT2D eigenvalue weighted by Crippen LogP contribution is -2.31. The van der Waals surface area contributed by atoms with Gasteiger partial charge in [-0.15, -0.1) is 0 Å². The van der Waals surface area contributed by atoms with Gasteiger partial charge >= 0.3 is 0 Å². The van der Waals surface area contributed by atoms with Crippen molar-refractivity contribution in [1.82, 2.24) is 23.0 Å². The second kappa shape index (κ2) is 6.80. The molecule has 0 amide bonds. The molecule has 10 heteroatoms. The summed E-state index contributed by atoms with van der Waals surface area (Å²) >= 11 is 0.942. The quantitative estimate of drug-likeness (QED) is 0.553. The summed E-state index contributed by atoms with van der Waals surface area (Å²) in [6.45, 7) is 0. The number of aryl methyl sites for hydroxylation is 1. The van der Waals surface area contributed by atoms with E-state index in [1.54, 1.807) is 42.2 Å². The maximum atomic E-state index is 13.8. The van der Waals surface area contributed by atoms with Crippen LogP contribution in [-0.2, 0) is 17.1 Å². The van der Waals surface area contributed by atoms with Crippen molar-refractivity contribution in [3.05, 3.63) is 72.1 Å². The molecule has 0 radical (unpaired) electrons. The molecule has 0 spiro atoms. The number of rotatable bonds is 5. The standard InChI is InChI=1S/C17H14FN5O2S2/c1-23-9-8-19-17(23)15(11-4-2-5-12(18)10-11)22-27(24,25)14-7-3-6-13-16(14)21-26-20-13/h2-10,15,22H,1H3. The predicted molar refractivity (Wildman–Crippen MR) is 99.2 cm³/mol. The van der Waals surface area contributed by atoms with Crippen LogP contribution in [0.3, 0.4) is 0 Å². The molecule has 1 unspecified atom stereocenters. The van der Waals surface area contributed by atoms with Crippen LogP contribution in [0, 0.1) is 5.82 Å². The Morgan fingerprint density at radius 2 is 2.00 bits per heavy atom. The molecular formula is C17H14FN5O2S2. The van der Waals surface area contributed by atoms with E-state index in [9.17, 15) is 12.8 Å². The number of halogens is 1. The molecule has 0 aliphatic rings. The molecular weight excluding hydrogens is 389 g/mol. The number of benzene rings is 2. The fourth-order valence-corrected chi connectivity index (χ4v) is 4.78. The van der Waals surface area contributed by atoms with Gasteiger partial charge in [0.2, 0.25) is 10.0 Å². The van der Waals surface area contributed by atoms with Gasteiger partial charge in [0.15, 0.2) is 0 Å². The van der Waals surface area contributed by atoms with Gasteiger partial charge in [-0.25, -0.2) is 17.8 Å². The van der Waals surface area contributed by atoms with Crippen LogP contribution >= 0.6 is 11.7 Å². The summed E-state index contributed by atoms with van der Waals surface area (Å²) < 4.78 is 52.5. The first-order chi connectivity index (χ1) is 13.0. The van der Waals surface area contributed by atoms with E-state index >= 15 is 0 Å². The van der Waals surface area contributed by atoms with Crippen LogP contribution in [0.4, 0.5) is 4.39 Å². The summed E-state index contributed by atoms with van der Waals surface area (Å²) in [6.07, 6.45) is 3.25. The highest BCUT2D eigenvalue weighted by Crippen LogP contribution is 2.26. The first-order valence-electron chi connectivity index (χ1n) is 7.92.